The number of hydrogen-bond donors (Lipinski definition) is 1. The van der Waals surface area contributed by atoms with Gasteiger partial charge in [-0.25, -0.2) is 4.39 Å². The Bertz CT molecular complexity index is 802. The lowest BCUT2D eigenvalue weighted by Gasteiger charge is -2.07. The minimum Gasteiger partial charge on any atom is -0.482 e. The van der Waals surface area contributed by atoms with Gasteiger partial charge in [0.25, 0.3) is 5.91 Å². The Labute approximate surface area is 154 Å². The zero-order chi connectivity index (χ0) is 18.1. The largest absolute Gasteiger partial charge is 0.482 e. The smallest absolute Gasteiger partial charge is 0.258 e. The molecule has 4 nitrogen and oxygen atoms in total. The van der Waals surface area contributed by atoms with Crippen LogP contribution in [0.1, 0.15) is 0 Å². The molecule has 0 bridgehead atoms. The fourth-order valence-corrected chi connectivity index (χ4v) is 2.18. The summed E-state index contributed by atoms with van der Waals surface area (Å²) in [6, 6.07) is 10.8. The standard InChI is InChI=1S/C18H14Cl2FNO3/c19-13-7-8-16(14(20)11-13)25-12-18(23)22-9-3-4-10-24-17-6-2-1-5-15(17)21/h1-2,5-8,11H,9-10,12H2,(H,22,23). The van der Waals surface area contributed by atoms with E-state index in [-0.39, 0.29) is 31.4 Å². The summed E-state index contributed by atoms with van der Waals surface area (Å²) in [6.45, 7) is -0.0559. The summed E-state index contributed by atoms with van der Waals surface area (Å²) in [7, 11) is 0. The summed E-state index contributed by atoms with van der Waals surface area (Å²) in [5.74, 6) is 5.07. The maximum Gasteiger partial charge on any atom is 0.258 e. The molecule has 0 unspecified atom stereocenters. The Morgan fingerprint density at radius 3 is 2.64 bits per heavy atom. The summed E-state index contributed by atoms with van der Waals surface area (Å²) < 4.78 is 23.7. The van der Waals surface area contributed by atoms with E-state index in [1.807, 2.05) is 0 Å². The number of hydrogen-bond acceptors (Lipinski definition) is 3. The Morgan fingerprint density at radius 1 is 1.08 bits per heavy atom. The monoisotopic (exact) mass is 381 g/mol. The van der Waals surface area contributed by atoms with Crippen LogP contribution in [0.2, 0.25) is 10.0 Å². The van der Waals surface area contributed by atoms with Gasteiger partial charge in [-0.3, -0.25) is 4.79 Å². The number of ether oxygens (including phenoxy) is 2. The first kappa shape index (κ1) is 18.9. The highest BCUT2D eigenvalue weighted by atomic mass is 35.5. The van der Waals surface area contributed by atoms with E-state index in [2.05, 4.69) is 17.2 Å². The zero-order valence-corrected chi connectivity index (χ0v) is 14.5. The van der Waals surface area contributed by atoms with Gasteiger partial charge < -0.3 is 14.8 Å². The quantitative estimate of drug-likeness (QED) is 0.775. The number of para-hydroxylation sites is 1. The molecule has 0 spiro atoms. The topological polar surface area (TPSA) is 47.6 Å². The highest BCUT2D eigenvalue weighted by Crippen LogP contribution is 2.27. The molecule has 0 aliphatic rings. The first-order valence-corrected chi connectivity index (χ1v) is 7.99. The van der Waals surface area contributed by atoms with Crippen LogP contribution in [0.4, 0.5) is 4.39 Å². The molecule has 0 heterocycles. The second-order valence-corrected chi connectivity index (χ2v) is 5.56. The number of amides is 1. The molecular formula is C18H14Cl2FNO3. The van der Waals surface area contributed by atoms with Gasteiger partial charge in [0.1, 0.15) is 12.4 Å². The fourth-order valence-electron chi connectivity index (χ4n) is 1.72. The van der Waals surface area contributed by atoms with Crippen molar-refractivity contribution < 1.29 is 18.7 Å². The fraction of sp³-hybridized carbons (Fsp3) is 0.167. The van der Waals surface area contributed by atoms with Crippen LogP contribution in [-0.2, 0) is 4.79 Å². The molecule has 1 N–H and O–H groups in total. The van der Waals surface area contributed by atoms with Crippen LogP contribution < -0.4 is 14.8 Å². The summed E-state index contributed by atoms with van der Waals surface area (Å²) >= 11 is 11.7. The van der Waals surface area contributed by atoms with Gasteiger partial charge in [-0.05, 0) is 30.3 Å². The number of halogens is 3. The van der Waals surface area contributed by atoms with Crippen LogP contribution in [0.5, 0.6) is 11.5 Å². The number of carbonyl (C=O) groups is 1. The van der Waals surface area contributed by atoms with Crippen LogP contribution in [0.15, 0.2) is 42.5 Å². The van der Waals surface area contributed by atoms with E-state index in [4.69, 9.17) is 32.7 Å². The zero-order valence-electron chi connectivity index (χ0n) is 13.0. The van der Waals surface area contributed by atoms with Crippen LogP contribution in [0.3, 0.4) is 0 Å². The average molecular weight is 382 g/mol. The molecule has 0 aromatic heterocycles. The number of carbonyl (C=O) groups excluding carboxylic acids is 1. The first-order valence-electron chi connectivity index (χ1n) is 7.24. The van der Waals surface area contributed by atoms with E-state index in [9.17, 15) is 9.18 Å². The van der Waals surface area contributed by atoms with Crippen LogP contribution in [-0.4, -0.2) is 25.7 Å². The summed E-state index contributed by atoms with van der Waals surface area (Å²) in [5, 5.41) is 3.36. The molecule has 0 fully saturated rings. The van der Waals surface area contributed by atoms with Crippen molar-refractivity contribution in [2.45, 2.75) is 0 Å². The normalized spacial score (nSPS) is 9.72. The number of rotatable bonds is 6. The third kappa shape index (κ3) is 6.54. The molecule has 25 heavy (non-hydrogen) atoms. The molecular weight excluding hydrogens is 368 g/mol. The van der Waals surface area contributed by atoms with Crippen molar-refractivity contribution in [3.8, 4) is 23.3 Å². The van der Waals surface area contributed by atoms with Gasteiger partial charge in [0.15, 0.2) is 18.2 Å². The van der Waals surface area contributed by atoms with Crippen LogP contribution in [0, 0.1) is 17.7 Å². The van der Waals surface area contributed by atoms with Gasteiger partial charge in [0.2, 0.25) is 0 Å². The minimum absolute atomic E-state index is 0.0215. The SMILES string of the molecule is O=C(COc1ccc(Cl)cc1Cl)NCC#CCOc1ccccc1F. The molecule has 0 aliphatic carbocycles. The molecule has 0 saturated heterocycles. The van der Waals surface area contributed by atoms with Crippen molar-refractivity contribution in [1.82, 2.24) is 5.32 Å². The number of benzene rings is 2. The maximum absolute atomic E-state index is 13.3. The van der Waals surface area contributed by atoms with Gasteiger partial charge >= 0.3 is 0 Å². The maximum atomic E-state index is 13.3. The lowest BCUT2D eigenvalue weighted by Crippen LogP contribution is -2.29. The number of nitrogens with one attached hydrogen (secondary N) is 1. The third-order valence-electron chi connectivity index (χ3n) is 2.89. The van der Waals surface area contributed by atoms with Gasteiger partial charge in [-0.1, -0.05) is 47.2 Å². The lowest BCUT2D eigenvalue weighted by molar-refractivity contribution is -0.122. The summed E-state index contributed by atoms with van der Waals surface area (Å²) in [5.41, 5.74) is 0. The Balaban J connectivity index is 1.66. The van der Waals surface area contributed by atoms with Gasteiger partial charge in [0, 0.05) is 5.02 Å². The molecule has 0 atom stereocenters. The molecule has 2 aromatic carbocycles. The highest BCUT2D eigenvalue weighted by Gasteiger charge is 2.05. The van der Waals surface area contributed by atoms with Crippen LogP contribution >= 0.6 is 23.2 Å². The molecule has 2 rings (SSSR count). The van der Waals surface area contributed by atoms with E-state index < -0.39 is 5.82 Å². The van der Waals surface area contributed by atoms with Crippen molar-refractivity contribution >= 4 is 29.1 Å². The van der Waals surface area contributed by atoms with Gasteiger partial charge in [-0.15, -0.1) is 0 Å². The van der Waals surface area contributed by atoms with E-state index in [0.717, 1.165) is 0 Å². The van der Waals surface area contributed by atoms with Crippen molar-refractivity contribution in [2.24, 2.45) is 0 Å². The van der Waals surface area contributed by atoms with E-state index in [1.54, 1.807) is 24.3 Å². The second-order valence-electron chi connectivity index (χ2n) is 4.71. The summed E-state index contributed by atoms with van der Waals surface area (Å²) in [6.07, 6.45) is 0. The lowest BCUT2D eigenvalue weighted by atomic mass is 10.3. The van der Waals surface area contributed by atoms with Crippen molar-refractivity contribution in [3.05, 3.63) is 58.3 Å². The summed E-state index contributed by atoms with van der Waals surface area (Å²) in [4.78, 5) is 11.6. The van der Waals surface area contributed by atoms with E-state index in [0.29, 0.717) is 15.8 Å². The van der Waals surface area contributed by atoms with E-state index in [1.165, 1.54) is 18.2 Å². The molecule has 7 heteroatoms. The Kier molecular flexibility index (Phi) is 7.39. The molecule has 2 aromatic rings. The van der Waals surface area contributed by atoms with Gasteiger partial charge in [0.05, 0.1) is 11.6 Å². The molecule has 0 radical (unpaired) electrons. The molecule has 130 valence electrons. The molecule has 0 aliphatic heterocycles. The second kappa shape index (κ2) is 9.77. The molecule has 1 amide bonds. The Morgan fingerprint density at radius 2 is 1.88 bits per heavy atom. The van der Waals surface area contributed by atoms with Crippen molar-refractivity contribution in [3.63, 3.8) is 0 Å². The molecule has 0 saturated carbocycles. The van der Waals surface area contributed by atoms with Gasteiger partial charge in [-0.2, -0.15) is 0 Å². The first-order chi connectivity index (χ1) is 12.1. The van der Waals surface area contributed by atoms with Crippen LogP contribution in [0.25, 0.3) is 0 Å². The van der Waals surface area contributed by atoms with E-state index >= 15 is 0 Å². The Hall–Kier alpha value is -2.42. The third-order valence-corrected chi connectivity index (χ3v) is 3.42. The minimum atomic E-state index is -0.449. The van der Waals surface area contributed by atoms with Crippen molar-refractivity contribution in [2.75, 3.05) is 19.8 Å². The highest BCUT2D eigenvalue weighted by molar-refractivity contribution is 6.35. The van der Waals surface area contributed by atoms with Crippen molar-refractivity contribution in [1.29, 1.82) is 0 Å². The predicted molar refractivity (Wildman–Crippen MR) is 94.6 cm³/mol. The average Bonchev–Trinajstić information content (AvgIpc) is 2.58. The predicted octanol–water partition coefficient (Wildman–Crippen LogP) is 3.71.